The van der Waals surface area contributed by atoms with E-state index in [1.807, 2.05) is 49.4 Å². The third-order valence-corrected chi connectivity index (χ3v) is 6.78. The van der Waals surface area contributed by atoms with Crippen molar-refractivity contribution in [2.75, 3.05) is 16.8 Å². The molecule has 0 spiro atoms. The van der Waals surface area contributed by atoms with Crippen molar-refractivity contribution in [1.82, 2.24) is 4.98 Å². The molecule has 154 valence electrons. The predicted molar refractivity (Wildman–Crippen MR) is 122 cm³/mol. The largest absolute Gasteiger partial charge is 0.312 e. The van der Waals surface area contributed by atoms with Crippen LogP contribution in [-0.2, 0) is 16.0 Å². The van der Waals surface area contributed by atoms with Gasteiger partial charge in [-0.1, -0.05) is 54.9 Å². The lowest BCUT2D eigenvalue weighted by Crippen LogP contribution is -2.28. The highest BCUT2D eigenvalue weighted by molar-refractivity contribution is 7.16. The van der Waals surface area contributed by atoms with Gasteiger partial charge in [0.2, 0.25) is 11.8 Å². The van der Waals surface area contributed by atoms with Gasteiger partial charge in [-0.25, -0.2) is 4.98 Å². The Bertz CT molecular complexity index is 1100. The van der Waals surface area contributed by atoms with Gasteiger partial charge in [-0.3, -0.25) is 9.59 Å². The molecule has 1 aliphatic heterocycles. The van der Waals surface area contributed by atoms with Crippen LogP contribution in [0.15, 0.2) is 48.5 Å². The number of carbonyl (C=O) groups is 2. The van der Waals surface area contributed by atoms with Crippen LogP contribution in [0.1, 0.15) is 23.8 Å². The molecule has 5 nitrogen and oxygen atoms in total. The normalized spacial score (nSPS) is 16.2. The Labute approximate surface area is 184 Å². The van der Waals surface area contributed by atoms with Gasteiger partial charge in [0.15, 0.2) is 5.13 Å². The summed E-state index contributed by atoms with van der Waals surface area (Å²) in [5.74, 6) is -0.680. The fourth-order valence-electron chi connectivity index (χ4n) is 3.56. The summed E-state index contributed by atoms with van der Waals surface area (Å²) in [6.45, 7) is 4.32. The zero-order valence-electron chi connectivity index (χ0n) is 16.8. The molecule has 1 aromatic heterocycles. The van der Waals surface area contributed by atoms with Crippen molar-refractivity contribution >= 4 is 45.6 Å². The fourth-order valence-corrected chi connectivity index (χ4v) is 4.66. The highest BCUT2D eigenvalue weighted by Gasteiger charge is 2.35. The van der Waals surface area contributed by atoms with Gasteiger partial charge in [0.05, 0.1) is 11.6 Å². The van der Waals surface area contributed by atoms with E-state index in [2.05, 4.69) is 17.2 Å². The van der Waals surface area contributed by atoms with Crippen molar-refractivity contribution in [3.63, 3.8) is 0 Å². The van der Waals surface area contributed by atoms with Crippen LogP contribution in [-0.4, -0.2) is 23.3 Å². The third kappa shape index (κ3) is 4.11. The molecule has 1 unspecified atom stereocenters. The number of nitrogens with one attached hydrogen (secondary N) is 1. The van der Waals surface area contributed by atoms with Crippen LogP contribution in [0.4, 0.5) is 10.8 Å². The van der Waals surface area contributed by atoms with Crippen LogP contribution in [0, 0.1) is 12.8 Å². The lowest BCUT2D eigenvalue weighted by molar-refractivity contribution is -0.122. The molecule has 7 heteroatoms. The highest BCUT2D eigenvalue weighted by Crippen LogP contribution is 2.33. The average Bonchev–Trinajstić information content (AvgIpc) is 3.34. The minimum Gasteiger partial charge on any atom is -0.312 e. The number of amides is 2. The summed E-state index contributed by atoms with van der Waals surface area (Å²) in [6.07, 6.45) is 1.01. The molecule has 2 heterocycles. The molecule has 1 atom stereocenters. The van der Waals surface area contributed by atoms with E-state index in [1.54, 1.807) is 11.0 Å². The molecule has 30 heavy (non-hydrogen) atoms. The smallest absolute Gasteiger partial charge is 0.231 e. The molecule has 0 radical (unpaired) electrons. The lowest BCUT2D eigenvalue weighted by atomic mass is 10.1. The van der Waals surface area contributed by atoms with Crippen LogP contribution < -0.4 is 10.2 Å². The Morgan fingerprint density at radius 3 is 2.73 bits per heavy atom. The van der Waals surface area contributed by atoms with Crippen molar-refractivity contribution in [2.45, 2.75) is 26.7 Å². The maximum absolute atomic E-state index is 12.9. The monoisotopic (exact) mass is 439 g/mol. The predicted octanol–water partition coefficient (Wildman–Crippen LogP) is 5.33. The average molecular weight is 440 g/mol. The summed E-state index contributed by atoms with van der Waals surface area (Å²) in [6, 6.07) is 15.5. The number of nitrogens with zero attached hydrogens (tertiary/aromatic N) is 2. The van der Waals surface area contributed by atoms with Crippen LogP contribution >= 0.6 is 22.9 Å². The molecule has 1 saturated heterocycles. The first kappa shape index (κ1) is 20.6. The first-order valence-corrected chi connectivity index (χ1v) is 11.1. The summed E-state index contributed by atoms with van der Waals surface area (Å²) in [5.41, 5.74) is 3.60. The van der Waals surface area contributed by atoms with Gasteiger partial charge >= 0.3 is 0 Å². The number of carbonyl (C=O) groups excluding carboxylic acids is 2. The van der Waals surface area contributed by atoms with Gasteiger partial charge in [-0.05, 0) is 31.0 Å². The van der Waals surface area contributed by atoms with Crippen molar-refractivity contribution in [2.24, 2.45) is 5.92 Å². The number of rotatable bonds is 5. The molecular formula is C23H22ClN3O2S. The van der Waals surface area contributed by atoms with E-state index in [4.69, 9.17) is 11.6 Å². The molecule has 2 aromatic carbocycles. The summed E-state index contributed by atoms with van der Waals surface area (Å²) in [4.78, 5) is 32.8. The Morgan fingerprint density at radius 2 is 2.03 bits per heavy atom. The minimum atomic E-state index is -0.424. The van der Waals surface area contributed by atoms with Gasteiger partial charge in [0, 0.05) is 34.1 Å². The highest BCUT2D eigenvalue weighted by atomic mass is 35.5. The number of aromatic nitrogens is 1. The molecule has 3 aromatic rings. The van der Waals surface area contributed by atoms with Gasteiger partial charge in [0.25, 0.3) is 0 Å². The summed E-state index contributed by atoms with van der Waals surface area (Å²) in [7, 11) is 0. The second kappa shape index (κ2) is 8.58. The molecule has 1 aliphatic rings. The van der Waals surface area contributed by atoms with Crippen molar-refractivity contribution in [3.8, 4) is 11.3 Å². The SMILES string of the molecule is CCc1sc(NC(=O)C2CC(=O)N(c3ccc(C)c(Cl)c3)C2)nc1-c1ccccc1. The van der Waals surface area contributed by atoms with Crippen LogP contribution in [0.25, 0.3) is 11.3 Å². The zero-order valence-corrected chi connectivity index (χ0v) is 18.4. The number of halogens is 1. The van der Waals surface area contributed by atoms with E-state index in [9.17, 15) is 9.59 Å². The van der Waals surface area contributed by atoms with E-state index < -0.39 is 5.92 Å². The maximum Gasteiger partial charge on any atom is 0.231 e. The van der Waals surface area contributed by atoms with E-state index in [0.29, 0.717) is 16.7 Å². The maximum atomic E-state index is 12.9. The van der Waals surface area contributed by atoms with Gasteiger partial charge in [-0.2, -0.15) is 0 Å². The summed E-state index contributed by atoms with van der Waals surface area (Å²) >= 11 is 7.69. The molecule has 0 saturated carbocycles. The first-order chi connectivity index (χ1) is 14.5. The summed E-state index contributed by atoms with van der Waals surface area (Å²) in [5, 5.41) is 4.10. The lowest BCUT2D eigenvalue weighted by Gasteiger charge is -2.17. The molecule has 4 rings (SSSR count). The molecule has 0 aliphatic carbocycles. The van der Waals surface area contributed by atoms with Crippen LogP contribution in [0.2, 0.25) is 5.02 Å². The Hall–Kier alpha value is -2.70. The topological polar surface area (TPSA) is 62.3 Å². The number of hydrogen-bond donors (Lipinski definition) is 1. The van der Waals surface area contributed by atoms with Gasteiger partial charge in [-0.15, -0.1) is 11.3 Å². The van der Waals surface area contributed by atoms with Crippen LogP contribution in [0.5, 0.6) is 0 Å². The van der Waals surface area contributed by atoms with E-state index >= 15 is 0 Å². The number of benzene rings is 2. The fraction of sp³-hybridized carbons (Fsp3) is 0.261. The van der Waals surface area contributed by atoms with Crippen molar-refractivity contribution in [1.29, 1.82) is 0 Å². The standard InChI is InChI=1S/C23H22ClN3O2S/c1-3-19-21(15-7-5-4-6-8-15)25-23(30-19)26-22(29)16-11-20(28)27(13-16)17-10-9-14(2)18(24)12-17/h4-10,12,16H,3,11,13H2,1-2H3,(H,25,26,29). The van der Waals surface area contributed by atoms with Gasteiger partial charge < -0.3 is 10.2 Å². The van der Waals surface area contributed by atoms with Gasteiger partial charge in [0.1, 0.15) is 0 Å². The summed E-state index contributed by atoms with van der Waals surface area (Å²) < 4.78 is 0. The quantitative estimate of drug-likeness (QED) is 0.584. The van der Waals surface area contributed by atoms with Crippen molar-refractivity contribution in [3.05, 3.63) is 64.0 Å². The Morgan fingerprint density at radius 1 is 1.27 bits per heavy atom. The number of aryl methyl sites for hydroxylation is 2. The number of hydrogen-bond acceptors (Lipinski definition) is 4. The van der Waals surface area contributed by atoms with Crippen LogP contribution in [0.3, 0.4) is 0 Å². The second-order valence-corrected chi connectivity index (χ2v) is 8.83. The van der Waals surface area contributed by atoms with E-state index in [0.717, 1.165) is 33.8 Å². The van der Waals surface area contributed by atoms with E-state index in [1.165, 1.54) is 11.3 Å². The zero-order chi connectivity index (χ0) is 21.3. The Balaban J connectivity index is 1.49. The second-order valence-electron chi connectivity index (χ2n) is 7.34. The molecule has 1 fully saturated rings. The Kier molecular flexibility index (Phi) is 5.88. The minimum absolute atomic E-state index is 0.0755. The number of thiazole rings is 1. The van der Waals surface area contributed by atoms with E-state index in [-0.39, 0.29) is 18.2 Å². The number of anilines is 2. The first-order valence-electron chi connectivity index (χ1n) is 9.88. The molecule has 2 amide bonds. The molecular weight excluding hydrogens is 418 g/mol. The molecule has 0 bridgehead atoms. The van der Waals surface area contributed by atoms with Crippen molar-refractivity contribution < 1.29 is 9.59 Å². The molecule has 1 N–H and O–H groups in total. The third-order valence-electron chi connectivity index (χ3n) is 5.26.